The first-order chi connectivity index (χ1) is 14.5. The monoisotopic (exact) mass is 427 g/mol. The summed E-state index contributed by atoms with van der Waals surface area (Å²) in [5.41, 5.74) is 2.37. The van der Waals surface area contributed by atoms with Gasteiger partial charge in [0.1, 0.15) is 18.1 Å². The summed E-state index contributed by atoms with van der Waals surface area (Å²) in [5, 5.41) is 4.00. The third-order valence-electron chi connectivity index (χ3n) is 4.46. The quantitative estimate of drug-likeness (QED) is 0.472. The Balaban J connectivity index is 1.42. The molecule has 0 unspecified atom stereocenters. The van der Waals surface area contributed by atoms with Gasteiger partial charge in [0.25, 0.3) is 0 Å². The number of nitrogens with zero attached hydrogens (tertiary/aromatic N) is 2. The third kappa shape index (κ3) is 4.38. The Morgan fingerprint density at radius 2 is 1.90 bits per heavy atom. The largest absolute Gasteiger partial charge is 0.497 e. The summed E-state index contributed by atoms with van der Waals surface area (Å²) >= 11 is 6.27. The molecule has 2 aromatic carbocycles. The number of aromatic amines is 1. The van der Waals surface area contributed by atoms with Gasteiger partial charge in [-0.15, -0.1) is 0 Å². The molecule has 0 saturated carbocycles. The smallest absolute Gasteiger partial charge is 0.439 e. The van der Waals surface area contributed by atoms with Crippen LogP contribution in [0.15, 0.2) is 56.2 Å². The Morgan fingerprint density at radius 3 is 2.57 bits per heavy atom. The minimum Gasteiger partial charge on any atom is -0.497 e. The highest BCUT2D eigenvalue weighted by molar-refractivity contribution is 6.33. The molecular weight excluding hydrogens is 410 g/mol. The molecule has 0 spiro atoms. The van der Waals surface area contributed by atoms with E-state index >= 15 is 0 Å². The van der Waals surface area contributed by atoms with Crippen molar-refractivity contribution < 1.29 is 18.4 Å². The highest BCUT2D eigenvalue weighted by atomic mass is 35.5. The van der Waals surface area contributed by atoms with Gasteiger partial charge in [0.15, 0.2) is 17.5 Å². The van der Waals surface area contributed by atoms with Crippen molar-refractivity contribution in [1.82, 2.24) is 15.1 Å². The van der Waals surface area contributed by atoms with E-state index in [1.54, 1.807) is 25.3 Å². The second kappa shape index (κ2) is 8.46. The van der Waals surface area contributed by atoms with Gasteiger partial charge in [-0.25, -0.2) is 9.78 Å². The van der Waals surface area contributed by atoms with E-state index in [4.69, 9.17) is 25.5 Å². The molecule has 1 N–H and O–H groups in total. The van der Waals surface area contributed by atoms with E-state index < -0.39 is 5.76 Å². The number of nitrogens with one attached hydrogen (secondary N) is 1. The van der Waals surface area contributed by atoms with Crippen molar-refractivity contribution in [2.75, 3.05) is 7.11 Å². The summed E-state index contributed by atoms with van der Waals surface area (Å²) in [6.07, 6.45) is 0.571. The molecule has 0 aliphatic carbocycles. The normalized spacial score (nSPS) is 10.9. The fourth-order valence-corrected chi connectivity index (χ4v) is 3.15. The first-order valence-electron chi connectivity index (χ1n) is 9.08. The highest BCUT2D eigenvalue weighted by Gasteiger charge is 2.13. The number of oxazole rings is 1. The van der Waals surface area contributed by atoms with Gasteiger partial charge < -0.3 is 13.9 Å². The summed E-state index contributed by atoms with van der Waals surface area (Å²) in [5.74, 6) is 2.20. The van der Waals surface area contributed by atoms with Crippen molar-refractivity contribution in [1.29, 1.82) is 0 Å². The van der Waals surface area contributed by atoms with E-state index in [-0.39, 0.29) is 12.4 Å². The second-order valence-corrected chi connectivity index (χ2v) is 6.92. The first-order valence-corrected chi connectivity index (χ1v) is 9.46. The van der Waals surface area contributed by atoms with E-state index in [1.807, 2.05) is 31.2 Å². The van der Waals surface area contributed by atoms with Crippen LogP contribution in [-0.2, 0) is 13.0 Å². The topological polar surface area (TPSA) is 103 Å². The first kappa shape index (κ1) is 19.8. The maximum absolute atomic E-state index is 11.1. The van der Waals surface area contributed by atoms with Crippen LogP contribution in [0.4, 0.5) is 0 Å². The average Bonchev–Trinajstić information content (AvgIpc) is 3.32. The molecule has 154 valence electrons. The number of methoxy groups -OCH3 is 1. The summed E-state index contributed by atoms with van der Waals surface area (Å²) < 4.78 is 21.3. The number of H-pyrrole nitrogens is 1. The van der Waals surface area contributed by atoms with Gasteiger partial charge in [-0.3, -0.25) is 9.51 Å². The lowest BCUT2D eigenvalue weighted by molar-refractivity contribution is 0.265. The SMILES string of the molecule is COc1ccc(Cc2nc(C)c(COc3ccc(-c4noc(=O)[nH]4)c(Cl)c3)o2)cc1. The molecule has 4 aromatic rings. The number of hydrogen-bond acceptors (Lipinski definition) is 7. The van der Waals surface area contributed by atoms with Crippen molar-refractivity contribution in [2.45, 2.75) is 20.0 Å². The Bertz CT molecular complexity index is 1210. The zero-order chi connectivity index (χ0) is 21.1. The fraction of sp³-hybridized carbons (Fsp3) is 0.190. The van der Waals surface area contributed by atoms with Gasteiger partial charge in [-0.2, -0.15) is 0 Å². The number of aromatic nitrogens is 3. The standard InChI is InChI=1S/C21H18ClN3O5/c1-12-18(29-19(23-12)9-13-3-5-14(27-2)6-4-13)11-28-15-7-8-16(17(22)10-15)20-24-21(26)30-25-20/h3-8,10H,9,11H2,1-2H3,(H,24,25,26). The molecule has 0 saturated heterocycles. The van der Waals surface area contributed by atoms with Gasteiger partial charge in [0, 0.05) is 12.0 Å². The van der Waals surface area contributed by atoms with Gasteiger partial charge in [0.05, 0.1) is 17.8 Å². The molecule has 4 rings (SSSR count). The van der Waals surface area contributed by atoms with Crippen molar-refractivity contribution in [3.05, 3.63) is 80.9 Å². The zero-order valence-electron chi connectivity index (χ0n) is 16.3. The van der Waals surface area contributed by atoms with Crippen molar-refractivity contribution in [2.24, 2.45) is 0 Å². The maximum Gasteiger partial charge on any atom is 0.439 e. The second-order valence-electron chi connectivity index (χ2n) is 6.52. The zero-order valence-corrected chi connectivity index (χ0v) is 17.0. The molecule has 2 aromatic heterocycles. The molecule has 8 nitrogen and oxygen atoms in total. The van der Waals surface area contributed by atoms with E-state index in [1.165, 1.54) is 0 Å². The molecular formula is C21H18ClN3O5. The molecule has 0 aliphatic rings. The van der Waals surface area contributed by atoms with Gasteiger partial charge in [-0.05, 0) is 42.8 Å². The highest BCUT2D eigenvalue weighted by Crippen LogP contribution is 2.29. The predicted molar refractivity (Wildman–Crippen MR) is 109 cm³/mol. The fourth-order valence-electron chi connectivity index (χ4n) is 2.89. The number of ether oxygens (including phenoxy) is 2. The van der Waals surface area contributed by atoms with Crippen LogP contribution < -0.4 is 15.2 Å². The number of halogens is 1. The van der Waals surface area contributed by atoms with E-state index in [2.05, 4.69) is 19.6 Å². The lowest BCUT2D eigenvalue weighted by Crippen LogP contribution is -1.97. The molecule has 2 heterocycles. The van der Waals surface area contributed by atoms with Crippen LogP contribution in [0, 0.1) is 6.92 Å². The molecule has 0 aliphatic heterocycles. The van der Waals surface area contributed by atoms with Crippen molar-refractivity contribution in [3.63, 3.8) is 0 Å². The third-order valence-corrected chi connectivity index (χ3v) is 4.77. The molecule has 0 fully saturated rings. The van der Waals surface area contributed by atoms with Crippen LogP contribution in [0.25, 0.3) is 11.4 Å². The number of aryl methyl sites for hydroxylation is 1. The van der Waals surface area contributed by atoms with E-state index in [9.17, 15) is 4.79 Å². The predicted octanol–water partition coefficient (Wildman–Crippen LogP) is 4.16. The van der Waals surface area contributed by atoms with Crippen LogP contribution in [0.5, 0.6) is 11.5 Å². The summed E-state index contributed by atoms with van der Waals surface area (Å²) in [4.78, 5) is 18.0. The van der Waals surface area contributed by atoms with E-state index in [0.717, 1.165) is 17.0 Å². The van der Waals surface area contributed by atoms with Crippen LogP contribution in [0.1, 0.15) is 22.9 Å². The molecule has 9 heteroatoms. The molecule has 0 amide bonds. The lowest BCUT2D eigenvalue weighted by Gasteiger charge is -2.07. The van der Waals surface area contributed by atoms with Gasteiger partial charge in [-0.1, -0.05) is 28.9 Å². The number of rotatable bonds is 7. The van der Waals surface area contributed by atoms with Crippen LogP contribution in [0.2, 0.25) is 5.02 Å². The van der Waals surface area contributed by atoms with Crippen LogP contribution in [0.3, 0.4) is 0 Å². The Labute approximate surface area is 176 Å². The van der Waals surface area contributed by atoms with Gasteiger partial charge in [0.2, 0.25) is 0 Å². The lowest BCUT2D eigenvalue weighted by atomic mass is 10.1. The Hall–Kier alpha value is -3.52. The number of hydrogen-bond donors (Lipinski definition) is 1. The molecule has 0 radical (unpaired) electrons. The van der Waals surface area contributed by atoms with Crippen molar-refractivity contribution in [3.8, 4) is 22.9 Å². The van der Waals surface area contributed by atoms with E-state index in [0.29, 0.717) is 34.4 Å². The van der Waals surface area contributed by atoms with Crippen LogP contribution >= 0.6 is 11.6 Å². The van der Waals surface area contributed by atoms with Crippen LogP contribution in [-0.4, -0.2) is 22.2 Å². The summed E-state index contributed by atoms with van der Waals surface area (Å²) in [6, 6.07) is 12.8. The molecule has 30 heavy (non-hydrogen) atoms. The summed E-state index contributed by atoms with van der Waals surface area (Å²) in [6.45, 7) is 2.08. The number of benzene rings is 2. The summed E-state index contributed by atoms with van der Waals surface area (Å²) in [7, 11) is 1.63. The average molecular weight is 428 g/mol. The Morgan fingerprint density at radius 1 is 1.13 bits per heavy atom. The molecule has 0 atom stereocenters. The minimum absolute atomic E-state index is 0.206. The van der Waals surface area contributed by atoms with Gasteiger partial charge >= 0.3 is 5.76 Å². The molecule has 0 bridgehead atoms. The maximum atomic E-state index is 11.1. The minimum atomic E-state index is -0.646. The Kier molecular flexibility index (Phi) is 5.58. The van der Waals surface area contributed by atoms with Crippen molar-refractivity contribution >= 4 is 11.6 Å².